The van der Waals surface area contributed by atoms with Crippen LogP contribution in [0, 0.1) is 5.92 Å². The van der Waals surface area contributed by atoms with Crippen LogP contribution >= 0.6 is 23.8 Å². The molecule has 1 saturated heterocycles. The molecule has 0 unspecified atom stereocenters. The lowest BCUT2D eigenvalue weighted by Gasteiger charge is -2.30. The largest absolute Gasteiger partial charge is 0.301 e. The number of halogens is 1. The lowest BCUT2D eigenvalue weighted by atomic mass is 10.1. The number of carbonyl (C=O) groups is 4. The van der Waals surface area contributed by atoms with Crippen molar-refractivity contribution in [3.8, 4) is 0 Å². The number of fused-ring (bicyclic) bond motifs is 1. The minimum atomic E-state index is -1.37. The van der Waals surface area contributed by atoms with E-state index in [2.05, 4.69) is 10.4 Å². The van der Waals surface area contributed by atoms with Gasteiger partial charge in [0.2, 0.25) is 5.91 Å². The zero-order valence-electron chi connectivity index (χ0n) is 14.5. The Balaban J connectivity index is 1.61. The van der Waals surface area contributed by atoms with Crippen LogP contribution in [0.4, 0.5) is 5.69 Å². The van der Waals surface area contributed by atoms with Crippen molar-refractivity contribution in [1.29, 1.82) is 0 Å². The summed E-state index contributed by atoms with van der Waals surface area (Å²) in [5, 5.41) is 7.26. The molecule has 4 rings (SSSR count). The predicted molar refractivity (Wildman–Crippen MR) is 109 cm³/mol. The first-order chi connectivity index (χ1) is 13.9. The molecule has 2 aliphatic heterocycles. The van der Waals surface area contributed by atoms with Gasteiger partial charge in [-0.25, -0.2) is 0 Å². The van der Waals surface area contributed by atoms with E-state index in [0.717, 1.165) is 11.1 Å². The topological polar surface area (TPSA) is 99.2 Å². The highest BCUT2D eigenvalue weighted by Gasteiger charge is 2.40. The van der Waals surface area contributed by atoms with Gasteiger partial charge in [0, 0.05) is 11.2 Å². The van der Waals surface area contributed by atoms with Crippen LogP contribution in [0.1, 0.15) is 20.7 Å². The molecule has 0 spiro atoms. The highest BCUT2D eigenvalue weighted by atomic mass is 35.5. The van der Waals surface area contributed by atoms with Crippen molar-refractivity contribution in [2.45, 2.75) is 0 Å². The number of anilines is 1. The van der Waals surface area contributed by atoms with E-state index in [0.29, 0.717) is 15.7 Å². The molecule has 1 atom stereocenters. The fourth-order valence-corrected chi connectivity index (χ4v) is 3.39. The number of nitrogens with zero attached hydrogens (tertiary/aromatic N) is 3. The molecule has 0 bridgehead atoms. The van der Waals surface area contributed by atoms with Gasteiger partial charge in [-0.15, -0.1) is 0 Å². The molecule has 2 aliphatic rings. The van der Waals surface area contributed by atoms with Crippen LogP contribution in [0.3, 0.4) is 0 Å². The lowest BCUT2D eigenvalue weighted by Crippen LogP contribution is -2.58. The maximum absolute atomic E-state index is 12.9. The summed E-state index contributed by atoms with van der Waals surface area (Å²) in [5.41, 5.74) is 0.819. The molecule has 2 aromatic rings. The van der Waals surface area contributed by atoms with Gasteiger partial charge in [0.1, 0.15) is 0 Å². The predicted octanol–water partition coefficient (Wildman–Crippen LogP) is 1.99. The first-order valence-corrected chi connectivity index (χ1v) is 9.13. The first kappa shape index (κ1) is 18.9. The Bertz CT molecular complexity index is 1080. The third-order valence-corrected chi connectivity index (χ3v) is 4.93. The second kappa shape index (κ2) is 7.19. The molecule has 2 heterocycles. The summed E-state index contributed by atoms with van der Waals surface area (Å²) >= 11 is 11.0. The van der Waals surface area contributed by atoms with Gasteiger partial charge in [-0.3, -0.25) is 24.1 Å². The van der Waals surface area contributed by atoms with Gasteiger partial charge >= 0.3 is 0 Å². The number of hydrogen-bond donors (Lipinski definition) is 1. The van der Waals surface area contributed by atoms with Crippen molar-refractivity contribution in [2.75, 3.05) is 4.90 Å². The minimum absolute atomic E-state index is 0.0901. The molecule has 1 N–H and O–H groups in total. The van der Waals surface area contributed by atoms with E-state index >= 15 is 0 Å². The average Bonchev–Trinajstić information content (AvgIpc) is 2.94. The van der Waals surface area contributed by atoms with Gasteiger partial charge in [0.15, 0.2) is 11.0 Å². The van der Waals surface area contributed by atoms with E-state index in [-0.39, 0.29) is 16.2 Å². The Hall–Kier alpha value is -3.43. The van der Waals surface area contributed by atoms with Crippen LogP contribution in [-0.2, 0) is 9.59 Å². The summed E-state index contributed by atoms with van der Waals surface area (Å²) in [4.78, 5) is 51.0. The number of hydrazone groups is 1. The zero-order chi connectivity index (χ0) is 20.7. The number of nitrogens with one attached hydrogen (secondary N) is 1. The lowest BCUT2D eigenvalue weighted by molar-refractivity contribution is -0.130. The third kappa shape index (κ3) is 3.20. The molecule has 8 nitrogen and oxygen atoms in total. The van der Waals surface area contributed by atoms with E-state index in [1.807, 2.05) is 0 Å². The molecule has 0 radical (unpaired) electrons. The number of rotatable bonds is 3. The Morgan fingerprint density at radius 1 is 0.966 bits per heavy atom. The van der Waals surface area contributed by atoms with Crippen molar-refractivity contribution in [1.82, 2.24) is 10.3 Å². The maximum Gasteiger partial charge on any atom is 0.282 e. The molecule has 29 heavy (non-hydrogen) atoms. The monoisotopic (exact) mass is 426 g/mol. The quantitative estimate of drug-likeness (QED) is 0.350. The highest BCUT2D eigenvalue weighted by molar-refractivity contribution is 7.80. The summed E-state index contributed by atoms with van der Waals surface area (Å²) in [6.45, 7) is 0. The van der Waals surface area contributed by atoms with E-state index in [9.17, 15) is 19.2 Å². The number of thiocarbonyl (C=S) groups is 1. The van der Waals surface area contributed by atoms with E-state index in [4.69, 9.17) is 23.8 Å². The molecule has 4 amide bonds. The van der Waals surface area contributed by atoms with Crippen molar-refractivity contribution in [3.05, 3.63) is 64.7 Å². The number of benzene rings is 2. The highest BCUT2D eigenvalue weighted by Crippen LogP contribution is 2.24. The molecule has 1 fully saturated rings. The molecule has 0 aromatic heterocycles. The van der Waals surface area contributed by atoms with Crippen molar-refractivity contribution >= 4 is 64.5 Å². The van der Waals surface area contributed by atoms with Crippen molar-refractivity contribution < 1.29 is 19.2 Å². The summed E-state index contributed by atoms with van der Waals surface area (Å²) in [5.74, 6) is -4.00. The molecular formula is C19H11ClN4O4S. The second-order valence-corrected chi connectivity index (χ2v) is 6.98. The normalized spacial score (nSPS) is 19.2. The van der Waals surface area contributed by atoms with Crippen molar-refractivity contribution in [2.24, 2.45) is 11.0 Å². The van der Waals surface area contributed by atoms with Crippen LogP contribution < -0.4 is 10.2 Å². The average molecular weight is 427 g/mol. The Labute approximate surface area is 174 Å². The smallest absolute Gasteiger partial charge is 0.282 e. The van der Waals surface area contributed by atoms with Gasteiger partial charge in [-0.2, -0.15) is 10.1 Å². The van der Waals surface area contributed by atoms with Gasteiger partial charge in [-0.05, 0) is 48.6 Å². The number of imide groups is 1. The van der Waals surface area contributed by atoms with Crippen molar-refractivity contribution in [3.63, 3.8) is 0 Å². The third-order valence-electron chi connectivity index (χ3n) is 4.39. The molecule has 0 saturated carbocycles. The molecule has 10 heteroatoms. The Kier molecular flexibility index (Phi) is 4.69. The molecule has 0 aliphatic carbocycles. The fraction of sp³-hybridized carbons (Fsp3) is 0.0526. The first-order valence-electron chi connectivity index (χ1n) is 8.35. The number of hydrogen-bond acceptors (Lipinski definition) is 6. The van der Waals surface area contributed by atoms with Crippen LogP contribution in [0.25, 0.3) is 0 Å². The maximum atomic E-state index is 12.9. The Morgan fingerprint density at radius 3 is 2.14 bits per heavy atom. The van der Waals surface area contributed by atoms with Gasteiger partial charge < -0.3 is 5.32 Å². The SMILES string of the molecule is O=C1NC(=S)N(c2ccc(Cl)cc2)C(=O)[C@@H]1/C=N\N1C(=O)c2ccccc2C1=O. The van der Waals surface area contributed by atoms with Crippen LogP contribution in [0.15, 0.2) is 53.6 Å². The van der Waals surface area contributed by atoms with Crippen LogP contribution in [0.5, 0.6) is 0 Å². The van der Waals surface area contributed by atoms with Crippen LogP contribution in [0.2, 0.25) is 5.02 Å². The summed E-state index contributed by atoms with van der Waals surface area (Å²) in [7, 11) is 0. The second-order valence-electron chi connectivity index (χ2n) is 6.15. The van der Waals surface area contributed by atoms with Gasteiger partial charge in [-0.1, -0.05) is 23.7 Å². The van der Waals surface area contributed by atoms with E-state index in [1.54, 1.807) is 36.4 Å². The summed E-state index contributed by atoms with van der Waals surface area (Å²) in [6.07, 6.45) is 0.962. The minimum Gasteiger partial charge on any atom is -0.301 e. The fourth-order valence-electron chi connectivity index (χ4n) is 2.97. The van der Waals surface area contributed by atoms with Gasteiger partial charge in [0.05, 0.1) is 16.8 Å². The summed E-state index contributed by atoms with van der Waals surface area (Å²) < 4.78 is 0. The standard InChI is InChI=1S/C19H11ClN4O4S/c20-10-5-7-11(8-6-10)23-16(26)14(15(25)22-19(23)29)9-21-24-17(27)12-3-1-2-4-13(12)18(24)28/h1-9,14H,(H,22,25,29)/b21-9-/t14-/m1/s1. The number of amides is 4. The Morgan fingerprint density at radius 2 is 1.55 bits per heavy atom. The van der Waals surface area contributed by atoms with E-state index < -0.39 is 29.5 Å². The van der Waals surface area contributed by atoms with E-state index in [1.165, 1.54) is 12.1 Å². The van der Waals surface area contributed by atoms with Crippen LogP contribution in [-0.4, -0.2) is 40.0 Å². The summed E-state index contributed by atoms with van der Waals surface area (Å²) in [6, 6.07) is 12.6. The van der Waals surface area contributed by atoms with Gasteiger partial charge in [0.25, 0.3) is 17.7 Å². The molecule has 144 valence electrons. The molecule has 2 aromatic carbocycles. The number of carbonyl (C=O) groups excluding carboxylic acids is 4. The zero-order valence-corrected chi connectivity index (χ0v) is 16.1. The molecular weight excluding hydrogens is 416 g/mol.